The standard InChI is InChI=1S/C15H15IN2O5S/c1-15(2)11(17-12(19)10(16)13(17)24-15)14(20)23-7-8-3-5-9(6-4-8)18(21)22/h3-6,10-11,13H,7H2,1-2H3/t10?,11-,13+/m0/s1. The van der Waals surface area contributed by atoms with E-state index in [0.717, 1.165) is 0 Å². The molecule has 9 heteroatoms. The number of carbonyl (C=O) groups excluding carboxylic acids is 2. The Bertz CT molecular complexity index is 708. The van der Waals surface area contributed by atoms with Gasteiger partial charge in [-0.05, 0) is 31.5 Å². The van der Waals surface area contributed by atoms with E-state index < -0.39 is 21.7 Å². The molecule has 2 aliphatic rings. The van der Waals surface area contributed by atoms with Crippen molar-refractivity contribution in [3.63, 3.8) is 0 Å². The molecule has 0 aromatic heterocycles. The molecule has 2 heterocycles. The van der Waals surface area contributed by atoms with Crippen LogP contribution in [-0.4, -0.2) is 41.8 Å². The number of halogens is 1. The molecule has 128 valence electrons. The van der Waals surface area contributed by atoms with E-state index in [1.165, 1.54) is 12.1 Å². The van der Waals surface area contributed by atoms with Gasteiger partial charge in [-0.2, -0.15) is 0 Å². The molecular formula is C15H15IN2O5S. The summed E-state index contributed by atoms with van der Waals surface area (Å²) in [6, 6.07) is 5.24. The van der Waals surface area contributed by atoms with E-state index in [2.05, 4.69) is 22.6 Å². The highest BCUT2D eigenvalue weighted by Gasteiger charge is 2.63. The molecule has 2 fully saturated rings. The van der Waals surface area contributed by atoms with Gasteiger partial charge in [0.1, 0.15) is 21.9 Å². The second-order valence-electron chi connectivity index (χ2n) is 6.19. The molecule has 3 rings (SSSR count). The van der Waals surface area contributed by atoms with E-state index in [1.807, 2.05) is 13.8 Å². The molecule has 0 N–H and O–H groups in total. The van der Waals surface area contributed by atoms with Gasteiger partial charge in [0.05, 0.1) is 4.92 Å². The summed E-state index contributed by atoms with van der Waals surface area (Å²) in [4.78, 5) is 36.3. The van der Waals surface area contributed by atoms with Gasteiger partial charge in [-0.3, -0.25) is 14.9 Å². The van der Waals surface area contributed by atoms with E-state index in [-0.39, 0.29) is 27.5 Å². The number of β-lactam (4-membered cyclic amide) rings is 1. The molecule has 0 aliphatic carbocycles. The van der Waals surface area contributed by atoms with Crippen molar-refractivity contribution in [3.05, 3.63) is 39.9 Å². The Morgan fingerprint density at radius 3 is 2.62 bits per heavy atom. The maximum Gasteiger partial charge on any atom is 0.330 e. The maximum absolute atomic E-state index is 12.5. The first-order valence-electron chi connectivity index (χ1n) is 7.26. The molecule has 7 nitrogen and oxygen atoms in total. The highest BCUT2D eigenvalue weighted by atomic mass is 127. The molecule has 0 radical (unpaired) electrons. The number of amides is 1. The number of ether oxygens (including phenoxy) is 1. The van der Waals surface area contributed by atoms with Crippen molar-refractivity contribution in [2.75, 3.05) is 0 Å². The van der Waals surface area contributed by atoms with Gasteiger partial charge < -0.3 is 9.64 Å². The quantitative estimate of drug-likeness (QED) is 0.171. The van der Waals surface area contributed by atoms with Crippen molar-refractivity contribution in [1.82, 2.24) is 4.90 Å². The van der Waals surface area contributed by atoms with Crippen molar-refractivity contribution >= 4 is 51.9 Å². The smallest absolute Gasteiger partial charge is 0.330 e. The Balaban J connectivity index is 1.66. The summed E-state index contributed by atoms with van der Waals surface area (Å²) in [6.45, 7) is 3.89. The number of fused-ring (bicyclic) bond motifs is 1. The van der Waals surface area contributed by atoms with Crippen LogP contribution in [0.1, 0.15) is 19.4 Å². The molecule has 24 heavy (non-hydrogen) atoms. The second kappa shape index (κ2) is 6.17. The molecule has 3 atom stereocenters. The van der Waals surface area contributed by atoms with Gasteiger partial charge in [0.25, 0.3) is 5.69 Å². The average Bonchev–Trinajstić information content (AvgIpc) is 2.81. The monoisotopic (exact) mass is 462 g/mol. The molecule has 1 aromatic rings. The fourth-order valence-electron chi connectivity index (χ4n) is 2.89. The van der Waals surface area contributed by atoms with Crippen LogP contribution in [0.15, 0.2) is 24.3 Å². The zero-order valence-corrected chi connectivity index (χ0v) is 15.9. The zero-order chi connectivity index (χ0) is 17.6. The first-order chi connectivity index (χ1) is 11.2. The van der Waals surface area contributed by atoms with Crippen molar-refractivity contribution in [2.24, 2.45) is 0 Å². The number of benzene rings is 1. The maximum atomic E-state index is 12.5. The van der Waals surface area contributed by atoms with Crippen molar-refractivity contribution < 1.29 is 19.2 Å². The molecule has 1 unspecified atom stereocenters. The number of carbonyl (C=O) groups is 2. The Hall–Kier alpha value is -1.36. The number of rotatable bonds is 4. The summed E-state index contributed by atoms with van der Waals surface area (Å²) < 4.78 is 4.86. The third-order valence-corrected chi connectivity index (χ3v) is 7.40. The van der Waals surface area contributed by atoms with E-state index in [1.54, 1.807) is 28.8 Å². The van der Waals surface area contributed by atoms with Crippen LogP contribution in [0.25, 0.3) is 0 Å². The number of alkyl halides is 1. The predicted molar refractivity (Wildman–Crippen MR) is 96.8 cm³/mol. The highest BCUT2D eigenvalue weighted by molar-refractivity contribution is 14.1. The normalized spacial score (nSPS) is 27.4. The molecule has 1 amide bonds. The summed E-state index contributed by atoms with van der Waals surface area (Å²) in [5.74, 6) is -0.471. The van der Waals surface area contributed by atoms with Gasteiger partial charge in [0, 0.05) is 16.9 Å². The van der Waals surface area contributed by atoms with Crippen LogP contribution in [0.5, 0.6) is 0 Å². The van der Waals surface area contributed by atoms with Crippen LogP contribution in [-0.2, 0) is 20.9 Å². The van der Waals surface area contributed by atoms with Gasteiger partial charge >= 0.3 is 5.97 Å². The highest BCUT2D eigenvalue weighted by Crippen LogP contribution is 2.53. The minimum absolute atomic E-state index is 0.0134. The third-order valence-electron chi connectivity index (χ3n) is 4.13. The van der Waals surface area contributed by atoms with E-state index >= 15 is 0 Å². The topological polar surface area (TPSA) is 89.8 Å². The zero-order valence-electron chi connectivity index (χ0n) is 13.0. The molecule has 2 saturated heterocycles. The number of hydrogen-bond donors (Lipinski definition) is 0. The van der Waals surface area contributed by atoms with Gasteiger partial charge in [-0.15, -0.1) is 11.8 Å². The van der Waals surface area contributed by atoms with E-state index in [9.17, 15) is 19.7 Å². The van der Waals surface area contributed by atoms with Crippen LogP contribution in [0.2, 0.25) is 0 Å². The number of hydrogen-bond acceptors (Lipinski definition) is 6. The van der Waals surface area contributed by atoms with Gasteiger partial charge in [-0.1, -0.05) is 22.6 Å². The number of nitrogens with zero attached hydrogens (tertiary/aromatic N) is 2. The number of nitro benzene ring substituents is 1. The minimum Gasteiger partial charge on any atom is -0.459 e. The first kappa shape index (κ1) is 17.5. The van der Waals surface area contributed by atoms with Crippen molar-refractivity contribution in [2.45, 2.75) is 40.5 Å². The molecule has 1 aromatic carbocycles. The molecule has 0 saturated carbocycles. The first-order valence-corrected chi connectivity index (χ1v) is 9.39. The van der Waals surface area contributed by atoms with Gasteiger partial charge in [0.2, 0.25) is 5.91 Å². The van der Waals surface area contributed by atoms with Crippen LogP contribution in [0.4, 0.5) is 5.69 Å². The fourth-order valence-corrected chi connectivity index (χ4v) is 5.54. The summed E-state index contributed by atoms with van der Waals surface area (Å²) in [5, 5.41) is 10.7. The van der Waals surface area contributed by atoms with Crippen LogP contribution >= 0.6 is 34.4 Å². The molecule has 2 aliphatic heterocycles. The fraction of sp³-hybridized carbons (Fsp3) is 0.467. The average molecular weight is 462 g/mol. The summed E-state index contributed by atoms with van der Waals surface area (Å²) in [7, 11) is 0. The Labute approximate surface area is 156 Å². The largest absolute Gasteiger partial charge is 0.459 e. The number of thioether (sulfide) groups is 1. The summed E-state index contributed by atoms with van der Waals surface area (Å²) in [6.07, 6.45) is 0. The lowest BCUT2D eigenvalue weighted by Gasteiger charge is -2.41. The number of esters is 1. The van der Waals surface area contributed by atoms with Gasteiger partial charge in [-0.25, -0.2) is 4.79 Å². The van der Waals surface area contributed by atoms with Crippen LogP contribution < -0.4 is 0 Å². The summed E-state index contributed by atoms with van der Waals surface area (Å²) >= 11 is 3.72. The lowest BCUT2D eigenvalue weighted by molar-refractivity contribution is -0.384. The Morgan fingerprint density at radius 2 is 2.04 bits per heavy atom. The van der Waals surface area contributed by atoms with Crippen LogP contribution in [0.3, 0.4) is 0 Å². The van der Waals surface area contributed by atoms with Crippen molar-refractivity contribution in [1.29, 1.82) is 0 Å². The lowest BCUT2D eigenvalue weighted by atomic mass is 9.98. The second-order valence-corrected chi connectivity index (χ2v) is 9.31. The summed E-state index contributed by atoms with van der Waals surface area (Å²) in [5.41, 5.74) is 0.649. The SMILES string of the molecule is CC1(C)S[C@@H]2C(I)C(=O)N2[C@H]1C(=O)OCc1ccc([N+](=O)[O-])cc1. The minimum atomic E-state index is -0.607. The van der Waals surface area contributed by atoms with E-state index in [4.69, 9.17) is 4.74 Å². The lowest BCUT2D eigenvalue weighted by Crippen LogP contribution is -2.63. The van der Waals surface area contributed by atoms with Crippen molar-refractivity contribution in [3.8, 4) is 0 Å². The third kappa shape index (κ3) is 2.87. The molecular weight excluding hydrogens is 447 g/mol. The number of nitro groups is 1. The Morgan fingerprint density at radius 1 is 1.42 bits per heavy atom. The van der Waals surface area contributed by atoms with Gasteiger partial charge in [0.15, 0.2) is 0 Å². The van der Waals surface area contributed by atoms with E-state index in [0.29, 0.717) is 5.56 Å². The molecule has 0 spiro atoms. The number of non-ortho nitro benzene ring substituents is 1. The Kier molecular flexibility index (Phi) is 4.49. The molecule has 0 bridgehead atoms. The predicted octanol–water partition coefficient (Wildman–Crippen LogP) is 2.50. The van der Waals surface area contributed by atoms with Crippen LogP contribution in [0, 0.1) is 10.1 Å².